The van der Waals surface area contributed by atoms with Gasteiger partial charge in [-0.15, -0.1) is 41.9 Å². The maximum absolute atomic E-state index is 4.27. The van der Waals surface area contributed by atoms with Crippen LogP contribution >= 0.6 is 57.9 Å². The molecule has 9 aliphatic rings. The molecule has 14 unspecified atom stereocenters. The maximum Gasteiger partial charge on any atom is 0.0506 e. The lowest BCUT2D eigenvalue weighted by atomic mass is 9.49. The van der Waals surface area contributed by atoms with Crippen LogP contribution in [0, 0.1) is 76.4 Å². The van der Waals surface area contributed by atoms with Crippen molar-refractivity contribution in [3.8, 4) is 0 Å². The molecule has 1 aliphatic heterocycles. The number of hydrogen-bond donors (Lipinski definition) is 0. The second kappa shape index (κ2) is 12.9. The number of alkyl halides is 1. The summed E-state index contributed by atoms with van der Waals surface area (Å²) in [5.41, 5.74) is 0.517. The van der Waals surface area contributed by atoms with Crippen LogP contribution in [0.5, 0.6) is 0 Å². The molecule has 8 saturated carbocycles. The van der Waals surface area contributed by atoms with Gasteiger partial charge in [0.25, 0.3) is 0 Å². The molecule has 9 rings (SSSR count). The number of thioether (sulfide) groups is 3. The molecule has 0 aromatic rings. The lowest BCUT2D eigenvalue weighted by Crippen LogP contribution is -2.51. The Morgan fingerprint density at radius 1 is 0.795 bits per heavy atom. The second-order valence-corrected chi connectivity index (χ2v) is 23.6. The summed E-state index contributed by atoms with van der Waals surface area (Å²) in [4.78, 5) is 1.72. The van der Waals surface area contributed by atoms with Gasteiger partial charge in [0.05, 0.1) is 4.24 Å². The van der Waals surface area contributed by atoms with Crippen molar-refractivity contribution in [2.24, 2.45) is 76.4 Å². The lowest BCUT2D eigenvalue weighted by Gasteiger charge is -2.57. The lowest BCUT2D eigenvalue weighted by molar-refractivity contribution is -0.0573. The highest BCUT2D eigenvalue weighted by Crippen LogP contribution is 2.65. The molecule has 0 aromatic heterocycles. The smallest absolute Gasteiger partial charge is 0.0506 e. The fourth-order valence-electron chi connectivity index (χ4n) is 13.4. The van der Waals surface area contributed by atoms with Crippen LogP contribution in [0.4, 0.5) is 0 Å². The molecule has 246 valence electrons. The van der Waals surface area contributed by atoms with Crippen LogP contribution in [-0.4, -0.2) is 19.7 Å². The molecule has 44 heavy (non-hydrogen) atoms. The van der Waals surface area contributed by atoms with E-state index in [2.05, 4.69) is 98.2 Å². The van der Waals surface area contributed by atoms with Crippen LogP contribution in [0.2, 0.25) is 0 Å². The summed E-state index contributed by atoms with van der Waals surface area (Å²) >= 11 is 9.94. The monoisotopic (exact) mass is 764 g/mol. The van der Waals surface area contributed by atoms with Crippen molar-refractivity contribution in [3.05, 3.63) is 21.8 Å². The summed E-state index contributed by atoms with van der Waals surface area (Å²) in [6, 6.07) is 0. The van der Waals surface area contributed by atoms with E-state index in [9.17, 15) is 0 Å². The van der Waals surface area contributed by atoms with Crippen molar-refractivity contribution in [1.82, 2.24) is 0 Å². The quantitative estimate of drug-likeness (QED) is 0.155. The first-order valence-corrected chi connectivity index (χ1v) is 23.1. The van der Waals surface area contributed by atoms with Gasteiger partial charge >= 0.3 is 0 Å². The third-order valence-corrected chi connectivity index (χ3v) is 23.3. The Hall–Kier alpha value is 1.26. The van der Waals surface area contributed by atoms with E-state index >= 15 is 0 Å². The van der Waals surface area contributed by atoms with Crippen LogP contribution in [0.3, 0.4) is 0 Å². The van der Waals surface area contributed by atoms with Gasteiger partial charge in [0.2, 0.25) is 0 Å². The fraction of sp³-hybridized carbons (Fsp3) is 0.900. The summed E-state index contributed by atoms with van der Waals surface area (Å²) in [6.45, 7) is 14.6. The molecule has 1 saturated heterocycles. The predicted molar refractivity (Wildman–Crippen MR) is 205 cm³/mol. The molecule has 2 bridgehead atoms. The van der Waals surface area contributed by atoms with Crippen molar-refractivity contribution in [3.63, 3.8) is 0 Å². The number of halogens is 1. The van der Waals surface area contributed by atoms with Gasteiger partial charge in [-0.05, 0) is 166 Å². The van der Waals surface area contributed by atoms with Gasteiger partial charge in [0, 0.05) is 24.6 Å². The normalized spacial score (nSPS) is 53.5. The van der Waals surface area contributed by atoms with Gasteiger partial charge in [0.15, 0.2) is 0 Å². The topological polar surface area (TPSA) is 0 Å². The van der Waals surface area contributed by atoms with Crippen LogP contribution in [0.25, 0.3) is 0 Å². The summed E-state index contributed by atoms with van der Waals surface area (Å²) in [6.07, 6.45) is 24.8. The van der Waals surface area contributed by atoms with Gasteiger partial charge in [0.1, 0.15) is 0 Å². The highest BCUT2D eigenvalue weighted by Gasteiger charge is 2.54. The van der Waals surface area contributed by atoms with Crippen molar-refractivity contribution in [2.75, 3.05) is 0 Å². The minimum atomic E-state index is 0.517. The zero-order valence-electron chi connectivity index (χ0n) is 28.2. The van der Waals surface area contributed by atoms with Crippen molar-refractivity contribution < 1.29 is 0 Å². The summed E-state index contributed by atoms with van der Waals surface area (Å²) < 4.78 is 2.60. The number of fused-ring (bicyclic) bond motifs is 6. The van der Waals surface area contributed by atoms with E-state index in [1.165, 1.54) is 44.9 Å². The van der Waals surface area contributed by atoms with Crippen LogP contribution < -0.4 is 0 Å². The predicted octanol–water partition coefficient (Wildman–Crippen LogP) is 12.9. The van der Waals surface area contributed by atoms with Gasteiger partial charge in [-0.3, -0.25) is 0 Å². The van der Waals surface area contributed by atoms with Crippen molar-refractivity contribution >= 4 is 57.9 Å². The molecular formula is C40H61IS3. The number of allylic oxidation sites excluding steroid dienone is 2. The second-order valence-electron chi connectivity index (χ2n) is 18.2. The molecule has 0 spiro atoms. The Bertz CT molecular complexity index is 1110. The molecule has 0 N–H and O–H groups in total. The highest BCUT2D eigenvalue weighted by atomic mass is 127. The van der Waals surface area contributed by atoms with E-state index in [4.69, 9.17) is 0 Å². The number of hydrogen-bond acceptors (Lipinski definition) is 3. The standard InChI is InChI=1S/C40H61IS3/c1-6-8-34(42-35-18-27-16-32-25-11-9-24(10-12-25)31(32)14-26(27)13-22(35)3)39-43-36-19-28-15-30-23(7-2)21-40(4,5)38(41)33(30)17-29(28)20-37(36)44-39/h6,22-33,35-38H,1,7-21H2,2-5H3/b39-34+. The molecule has 0 nitrogen and oxygen atoms in total. The van der Waals surface area contributed by atoms with Gasteiger partial charge in [-0.2, -0.15) is 0 Å². The third-order valence-electron chi connectivity index (χ3n) is 15.5. The van der Waals surface area contributed by atoms with E-state index in [-0.39, 0.29) is 0 Å². The molecule has 4 heteroatoms. The molecule has 9 fully saturated rings. The van der Waals surface area contributed by atoms with Crippen molar-refractivity contribution in [2.45, 2.75) is 144 Å². The summed E-state index contributed by atoms with van der Waals surface area (Å²) in [5, 5.41) is 2.57. The average Bonchev–Trinajstić information content (AvgIpc) is 3.43. The minimum Gasteiger partial charge on any atom is -0.125 e. The zero-order chi connectivity index (χ0) is 30.3. The molecule has 0 amide bonds. The highest BCUT2D eigenvalue weighted by molar-refractivity contribution is 14.1. The Labute approximate surface area is 297 Å². The first-order valence-electron chi connectivity index (χ1n) is 19.2. The number of rotatable bonds is 5. The van der Waals surface area contributed by atoms with E-state index in [1.54, 1.807) is 54.1 Å². The SMILES string of the molecule is C=CC/C(SC1CC2CC3C4CCC(CC4)C3CC2CC1C)=C1/SC2CC3CC4C(CC)CC(C)(C)C(I)C4CC3CC2S1. The first-order chi connectivity index (χ1) is 21.2. The van der Waals surface area contributed by atoms with Crippen LogP contribution in [-0.2, 0) is 0 Å². The first kappa shape index (κ1) is 32.5. The Morgan fingerprint density at radius 3 is 1.93 bits per heavy atom. The van der Waals surface area contributed by atoms with E-state index in [0.29, 0.717) is 5.41 Å². The molecule has 0 radical (unpaired) electrons. The van der Waals surface area contributed by atoms with Crippen LogP contribution in [0.15, 0.2) is 21.8 Å². The van der Waals surface area contributed by atoms with E-state index in [0.717, 1.165) is 97.1 Å². The average molecular weight is 765 g/mol. The van der Waals surface area contributed by atoms with Gasteiger partial charge in [-0.1, -0.05) is 62.8 Å². The van der Waals surface area contributed by atoms with Gasteiger partial charge in [-0.25, -0.2) is 0 Å². The molecular weight excluding hydrogens is 704 g/mol. The Kier molecular flexibility index (Phi) is 9.49. The molecule has 0 aromatic carbocycles. The summed E-state index contributed by atoms with van der Waals surface area (Å²) in [7, 11) is 0. The van der Waals surface area contributed by atoms with Crippen LogP contribution in [0.1, 0.15) is 124 Å². The zero-order valence-corrected chi connectivity index (χ0v) is 32.8. The molecule has 8 aliphatic carbocycles. The Balaban J connectivity index is 0.949. The third kappa shape index (κ3) is 5.82. The maximum atomic E-state index is 4.27. The van der Waals surface area contributed by atoms with Gasteiger partial charge < -0.3 is 0 Å². The summed E-state index contributed by atoms with van der Waals surface area (Å²) in [5.74, 6) is 12.3. The fourth-order valence-corrected chi connectivity index (χ4v) is 19.9. The molecule has 14 atom stereocenters. The van der Waals surface area contributed by atoms with E-state index in [1.807, 2.05) is 0 Å². The van der Waals surface area contributed by atoms with E-state index < -0.39 is 0 Å². The minimum absolute atomic E-state index is 0.517. The van der Waals surface area contributed by atoms with Crippen molar-refractivity contribution in [1.29, 1.82) is 0 Å². The molecule has 1 heterocycles. The Morgan fingerprint density at radius 2 is 1.34 bits per heavy atom. The largest absolute Gasteiger partial charge is 0.125 e.